The summed E-state index contributed by atoms with van der Waals surface area (Å²) in [6, 6.07) is 63.7. The summed E-state index contributed by atoms with van der Waals surface area (Å²) in [5.41, 5.74) is 6.83. The Bertz CT molecular complexity index is 3120. The molecular formula is C50H35FN4SSi. The van der Waals surface area contributed by atoms with Crippen LogP contribution in [0, 0.1) is 0 Å². The van der Waals surface area contributed by atoms with Gasteiger partial charge in [0.15, 0.2) is 14.2 Å². The highest BCUT2D eigenvalue weighted by Gasteiger charge is 2.47. The molecule has 1 aliphatic heterocycles. The molecule has 0 N–H and O–H groups in total. The summed E-state index contributed by atoms with van der Waals surface area (Å²) in [5.74, 6) is 0.810. The van der Waals surface area contributed by atoms with Gasteiger partial charge in [-0.25, -0.2) is 14.4 Å². The topological polar surface area (TPSA) is 35.6 Å². The van der Waals surface area contributed by atoms with E-state index in [1.54, 1.807) is 0 Å². The van der Waals surface area contributed by atoms with Crippen LogP contribution >= 0.6 is 11.8 Å². The van der Waals surface area contributed by atoms with Crippen LogP contribution in [0.25, 0.3) is 50.0 Å². The molecule has 0 amide bonds. The van der Waals surface area contributed by atoms with Gasteiger partial charge in [0.25, 0.3) is 0 Å². The van der Waals surface area contributed by atoms with Crippen LogP contribution in [0.2, 0.25) is 0 Å². The second kappa shape index (κ2) is 13.3. The number of hydrogen-bond acceptors (Lipinski definition) is 3. The maximum absolute atomic E-state index is 17.0. The molecule has 0 saturated heterocycles. The third kappa shape index (κ3) is 5.12. The lowest BCUT2D eigenvalue weighted by molar-refractivity contribution is 0.402. The molecule has 0 spiro atoms. The van der Waals surface area contributed by atoms with Gasteiger partial charge in [-0.2, -0.15) is 0 Å². The number of benzene rings is 7. The van der Waals surface area contributed by atoms with Gasteiger partial charge >= 0.3 is 0 Å². The highest BCUT2D eigenvalue weighted by molar-refractivity contribution is 8.00. The van der Waals surface area contributed by atoms with Crippen molar-refractivity contribution >= 4 is 73.6 Å². The number of para-hydroxylation sites is 2. The van der Waals surface area contributed by atoms with Gasteiger partial charge in [0.05, 0.1) is 16.6 Å². The lowest BCUT2D eigenvalue weighted by Crippen LogP contribution is -2.76. The number of imidazole rings is 1. The SMILES string of the molecule is Cn1c(-c2cccc(C(F)c3cccc(-n4c5ncccc5c5ccc6c(c54)Sc4ccccc4[Si]6(c4ccccc4)c4ccccc4)c3)c2)nc2ccccc21. The smallest absolute Gasteiger partial charge is 0.181 e. The maximum atomic E-state index is 17.0. The van der Waals surface area contributed by atoms with Gasteiger partial charge < -0.3 is 4.57 Å². The molecule has 7 aromatic carbocycles. The van der Waals surface area contributed by atoms with Crippen molar-refractivity contribution in [1.82, 2.24) is 19.1 Å². The molecule has 272 valence electrons. The third-order valence-electron chi connectivity index (χ3n) is 11.6. The lowest BCUT2D eigenvalue weighted by atomic mass is 10.00. The molecule has 1 aliphatic rings. The number of fused-ring (bicyclic) bond motifs is 7. The molecule has 0 radical (unpaired) electrons. The van der Waals surface area contributed by atoms with Crippen LogP contribution < -0.4 is 20.7 Å². The Balaban J connectivity index is 1.12. The summed E-state index contributed by atoms with van der Waals surface area (Å²) in [5, 5.41) is 7.62. The fourth-order valence-corrected chi connectivity index (χ4v) is 16.2. The number of halogens is 1. The number of pyridine rings is 1. The maximum Gasteiger partial charge on any atom is 0.181 e. The van der Waals surface area contributed by atoms with Gasteiger partial charge in [-0.05, 0) is 80.4 Å². The van der Waals surface area contributed by atoms with E-state index in [1.165, 1.54) is 30.5 Å². The predicted molar refractivity (Wildman–Crippen MR) is 235 cm³/mol. The van der Waals surface area contributed by atoms with Crippen molar-refractivity contribution in [2.24, 2.45) is 7.05 Å². The van der Waals surface area contributed by atoms with Crippen molar-refractivity contribution in [3.63, 3.8) is 0 Å². The Morgan fingerprint density at radius 3 is 2.11 bits per heavy atom. The van der Waals surface area contributed by atoms with Crippen molar-refractivity contribution in [3.8, 4) is 17.1 Å². The average Bonchev–Trinajstić information content (AvgIpc) is 3.81. The van der Waals surface area contributed by atoms with E-state index >= 15 is 4.39 Å². The minimum absolute atomic E-state index is 0.584. The second-order valence-corrected chi connectivity index (χ2v) is 19.5. The average molecular weight is 771 g/mol. The van der Waals surface area contributed by atoms with E-state index in [2.05, 4.69) is 124 Å². The first-order chi connectivity index (χ1) is 28.1. The van der Waals surface area contributed by atoms with E-state index in [0.717, 1.165) is 50.0 Å². The molecule has 0 bridgehead atoms. The van der Waals surface area contributed by atoms with E-state index in [-0.39, 0.29) is 0 Å². The van der Waals surface area contributed by atoms with Crippen molar-refractivity contribution < 1.29 is 4.39 Å². The minimum Gasteiger partial charge on any atom is -0.327 e. The van der Waals surface area contributed by atoms with E-state index in [9.17, 15) is 0 Å². The van der Waals surface area contributed by atoms with Crippen molar-refractivity contribution in [2.45, 2.75) is 16.0 Å². The number of hydrogen-bond donors (Lipinski definition) is 0. The fourth-order valence-electron chi connectivity index (χ4n) is 9.09. The quantitative estimate of drug-likeness (QED) is 0.158. The molecule has 11 rings (SSSR count). The third-order valence-corrected chi connectivity index (χ3v) is 18.0. The Morgan fingerprint density at radius 1 is 0.614 bits per heavy atom. The van der Waals surface area contributed by atoms with Crippen LogP contribution in [-0.4, -0.2) is 27.2 Å². The molecule has 4 heterocycles. The number of nitrogens with zero attached hydrogens (tertiary/aromatic N) is 4. The van der Waals surface area contributed by atoms with E-state index in [0.29, 0.717) is 11.1 Å². The van der Waals surface area contributed by atoms with Crippen LogP contribution in [0.15, 0.2) is 198 Å². The van der Waals surface area contributed by atoms with E-state index in [4.69, 9.17) is 9.97 Å². The molecule has 0 saturated carbocycles. The minimum atomic E-state index is -2.81. The van der Waals surface area contributed by atoms with Gasteiger partial charge in [-0.15, -0.1) is 0 Å². The number of alkyl halides is 1. The number of rotatable bonds is 6. The van der Waals surface area contributed by atoms with Gasteiger partial charge in [0.1, 0.15) is 11.5 Å². The first-order valence-corrected chi connectivity index (χ1v) is 22.0. The van der Waals surface area contributed by atoms with Crippen molar-refractivity contribution in [1.29, 1.82) is 0 Å². The molecule has 3 aromatic heterocycles. The highest BCUT2D eigenvalue weighted by atomic mass is 32.2. The monoisotopic (exact) mass is 770 g/mol. The zero-order chi connectivity index (χ0) is 38.1. The molecule has 0 fully saturated rings. The Labute approximate surface area is 334 Å². The molecule has 0 aliphatic carbocycles. The zero-order valence-electron chi connectivity index (χ0n) is 31.1. The summed E-state index contributed by atoms with van der Waals surface area (Å²) in [6.45, 7) is 0. The molecule has 7 heteroatoms. The van der Waals surface area contributed by atoms with Crippen LogP contribution in [0.3, 0.4) is 0 Å². The second-order valence-electron chi connectivity index (χ2n) is 14.7. The zero-order valence-corrected chi connectivity index (χ0v) is 32.9. The first-order valence-electron chi connectivity index (χ1n) is 19.2. The van der Waals surface area contributed by atoms with E-state index in [1.807, 2.05) is 91.7 Å². The fraction of sp³-hybridized carbons (Fsp3) is 0.0400. The van der Waals surface area contributed by atoms with Crippen LogP contribution in [0.4, 0.5) is 4.39 Å². The van der Waals surface area contributed by atoms with Gasteiger partial charge in [0, 0.05) is 45.1 Å². The van der Waals surface area contributed by atoms with Gasteiger partial charge in [-0.1, -0.05) is 145 Å². The molecule has 4 nitrogen and oxygen atoms in total. The van der Waals surface area contributed by atoms with Crippen molar-refractivity contribution in [3.05, 3.63) is 199 Å². The molecule has 1 unspecified atom stereocenters. The molecule has 10 aromatic rings. The first kappa shape index (κ1) is 33.8. The largest absolute Gasteiger partial charge is 0.327 e. The van der Waals surface area contributed by atoms with Crippen LogP contribution in [0.5, 0.6) is 0 Å². The predicted octanol–water partition coefficient (Wildman–Crippen LogP) is 9.63. The Kier molecular flexibility index (Phi) is 7.88. The number of aryl methyl sites for hydroxylation is 1. The molecule has 1 atom stereocenters. The summed E-state index contributed by atoms with van der Waals surface area (Å²) >= 11 is 1.84. The van der Waals surface area contributed by atoms with Crippen LogP contribution in [0.1, 0.15) is 17.3 Å². The van der Waals surface area contributed by atoms with Gasteiger partial charge in [-0.3, -0.25) is 4.57 Å². The highest BCUT2D eigenvalue weighted by Crippen LogP contribution is 2.42. The van der Waals surface area contributed by atoms with Crippen LogP contribution in [-0.2, 0) is 7.05 Å². The van der Waals surface area contributed by atoms with Crippen molar-refractivity contribution in [2.75, 3.05) is 0 Å². The Morgan fingerprint density at radius 2 is 1.32 bits per heavy atom. The van der Waals surface area contributed by atoms with E-state index < -0.39 is 14.2 Å². The summed E-state index contributed by atoms with van der Waals surface area (Å²) < 4.78 is 21.3. The summed E-state index contributed by atoms with van der Waals surface area (Å²) in [7, 11) is -0.800. The molecule has 57 heavy (non-hydrogen) atoms. The summed E-state index contributed by atoms with van der Waals surface area (Å²) in [6.07, 6.45) is 0.500. The standard InChI is InChI=1S/C50H35FN4SSi/c1-54-42-25-9-8-24-41(42)53-49(54)35-17-12-15-33(31-35)46(51)34-16-13-18-36(32-34)55-47-39(40-23-14-30-52-50(40)55)28-29-45-48(47)56-43-26-10-11-27-44(43)57(45,37-19-4-2-5-20-37)38-21-6-3-7-22-38/h2-32,46H,1H3. The Hall–Kier alpha value is -6.54. The molecular weight excluding hydrogens is 736 g/mol. The van der Waals surface area contributed by atoms with Gasteiger partial charge in [0.2, 0.25) is 0 Å². The normalized spacial score (nSPS) is 13.8. The number of aromatic nitrogens is 4. The summed E-state index contributed by atoms with van der Waals surface area (Å²) in [4.78, 5) is 12.4. The lowest BCUT2D eigenvalue weighted by Gasteiger charge is -2.40.